The van der Waals surface area contributed by atoms with Crippen molar-refractivity contribution in [2.24, 2.45) is 0 Å². The van der Waals surface area contributed by atoms with Gasteiger partial charge in [0, 0.05) is 4.88 Å². The zero-order valence-electron chi connectivity index (χ0n) is 9.94. The lowest BCUT2D eigenvalue weighted by Gasteiger charge is -2.00. The van der Waals surface area contributed by atoms with E-state index in [9.17, 15) is 17.2 Å². The van der Waals surface area contributed by atoms with E-state index >= 15 is 0 Å². The number of sulfonamides is 1. The fraction of sp³-hybridized carbons (Fsp3) is 0.333. The second kappa shape index (κ2) is 4.85. The Hall–Kier alpha value is -1.55. The fourth-order valence-corrected chi connectivity index (χ4v) is 3.72. The van der Waals surface area contributed by atoms with Crippen LogP contribution in [0.3, 0.4) is 0 Å². The monoisotopic (exact) mass is 308 g/mol. The molecule has 2 aromatic rings. The molecule has 10 heteroatoms. The van der Waals surface area contributed by atoms with Gasteiger partial charge < -0.3 is 0 Å². The summed E-state index contributed by atoms with van der Waals surface area (Å²) in [6, 6.07) is 1.50. The maximum atomic E-state index is 12.3. The minimum atomic E-state index is -3.85. The first kappa shape index (κ1) is 13.9. The summed E-state index contributed by atoms with van der Waals surface area (Å²) in [5.41, 5.74) is 0.841. The van der Waals surface area contributed by atoms with Crippen LogP contribution in [0.2, 0.25) is 0 Å². The number of thiophene rings is 1. The smallest absolute Gasteiger partial charge is 0.256 e. The van der Waals surface area contributed by atoms with Crippen LogP contribution in [0.15, 0.2) is 10.3 Å². The third-order valence-electron chi connectivity index (χ3n) is 2.34. The minimum absolute atomic E-state index is 0.0888. The van der Waals surface area contributed by atoms with Gasteiger partial charge in [0.15, 0.2) is 5.82 Å². The molecule has 0 spiro atoms. The van der Waals surface area contributed by atoms with Gasteiger partial charge in [-0.05, 0) is 25.5 Å². The van der Waals surface area contributed by atoms with Crippen molar-refractivity contribution in [3.05, 3.63) is 22.3 Å². The lowest BCUT2D eigenvalue weighted by molar-refractivity contribution is 0.141. The van der Waals surface area contributed by atoms with E-state index in [0.29, 0.717) is 0 Å². The second-order valence-electron chi connectivity index (χ2n) is 3.76. The molecule has 0 radical (unpaired) electrons. The number of hydrogen-bond acceptors (Lipinski definition) is 5. The van der Waals surface area contributed by atoms with Gasteiger partial charge in [-0.3, -0.25) is 5.10 Å². The number of aryl methyl sites for hydroxylation is 2. The molecule has 0 aliphatic heterocycles. The number of aromatic nitrogens is 3. The average Bonchev–Trinajstić information content (AvgIpc) is 2.87. The number of nitrogens with one attached hydrogen (secondary N) is 2. The third kappa shape index (κ3) is 2.89. The first-order chi connectivity index (χ1) is 8.79. The first-order valence-corrected chi connectivity index (χ1v) is 7.40. The summed E-state index contributed by atoms with van der Waals surface area (Å²) in [7, 11) is -3.85. The van der Waals surface area contributed by atoms with Crippen molar-refractivity contribution in [1.29, 1.82) is 0 Å². The maximum absolute atomic E-state index is 12.3. The Kier molecular flexibility index (Phi) is 3.54. The van der Waals surface area contributed by atoms with Crippen LogP contribution in [-0.4, -0.2) is 23.6 Å². The molecule has 2 rings (SSSR count). The molecule has 19 heavy (non-hydrogen) atoms. The number of hydrogen-bond donors (Lipinski definition) is 2. The molecule has 104 valence electrons. The van der Waals surface area contributed by atoms with Crippen LogP contribution in [0.5, 0.6) is 0 Å². The average molecular weight is 308 g/mol. The molecule has 0 aliphatic carbocycles. The van der Waals surface area contributed by atoms with Crippen molar-refractivity contribution in [2.45, 2.75) is 24.5 Å². The Morgan fingerprint density at radius 3 is 2.58 bits per heavy atom. The topological polar surface area (TPSA) is 87.7 Å². The number of halogens is 2. The molecule has 2 aromatic heterocycles. The largest absolute Gasteiger partial charge is 0.296 e. The van der Waals surface area contributed by atoms with Crippen molar-refractivity contribution < 1.29 is 17.2 Å². The summed E-state index contributed by atoms with van der Waals surface area (Å²) in [6.45, 7) is 3.58. The van der Waals surface area contributed by atoms with Crippen LogP contribution in [-0.2, 0) is 10.0 Å². The van der Waals surface area contributed by atoms with Crippen LogP contribution in [0, 0.1) is 13.8 Å². The molecule has 0 aromatic carbocycles. The number of aromatic amines is 1. The van der Waals surface area contributed by atoms with E-state index in [0.717, 1.165) is 21.8 Å². The molecule has 0 saturated carbocycles. The fourth-order valence-electron chi connectivity index (χ4n) is 1.26. The summed E-state index contributed by atoms with van der Waals surface area (Å²) in [4.78, 5) is 4.21. The second-order valence-corrected chi connectivity index (χ2v) is 6.92. The van der Waals surface area contributed by atoms with Crippen molar-refractivity contribution in [2.75, 3.05) is 4.72 Å². The van der Waals surface area contributed by atoms with Crippen LogP contribution < -0.4 is 4.72 Å². The molecule has 0 atom stereocenters. The van der Waals surface area contributed by atoms with E-state index in [2.05, 4.69) is 10.1 Å². The molecular formula is C9H10F2N4O2S2. The summed E-state index contributed by atoms with van der Waals surface area (Å²) < 4.78 is 50.6. The predicted octanol–water partition coefficient (Wildman–Crippen LogP) is 2.22. The molecule has 2 heterocycles. The Labute approximate surface area is 111 Å². The quantitative estimate of drug-likeness (QED) is 0.906. The van der Waals surface area contributed by atoms with Gasteiger partial charge in [-0.2, -0.15) is 4.98 Å². The van der Waals surface area contributed by atoms with Crippen molar-refractivity contribution in [3.63, 3.8) is 0 Å². The number of nitrogens with zero attached hydrogens (tertiary/aromatic N) is 2. The van der Waals surface area contributed by atoms with E-state index in [1.165, 1.54) is 6.07 Å². The highest BCUT2D eigenvalue weighted by Gasteiger charge is 2.21. The molecule has 0 bridgehead atoms. The Morgan fingerprint density at radius 2 is 2.11 bits per heavy atom. The SMILES string of the molecule is Cc1cc(S(=O)(=O)Nc2n[nH]c(C(F)F)n2)sc1C. The lowest BCUT2D eigenvalue weighted by Crippen LogP contribution is -2.12. The van der Waals surface area contributed by atoms with E-state index < -0.39 is 28.2 Å². The highest BCUT2D eigenvalue weighted by Crippen LogP contribution is 2.26. The van der Waals surface area contributed by atoms with Gasteiger partial charge in [-0.1, -0.05) is 0 Å². The van der Waals surface area contributed by atoms with Crippen LogP contribution in [0.1, 0.15) is 22.7 Å². The summed E-state index contributed by atoms with van der Waals surface area (Å²) in [5, 5.41) is 5.34. The lowest BCUT2D eigenvalue weighted by atomic mass is 10.3. The number of rotatable bonds is 4. The zero-order chi connectivity index (χ0) is 14.2. The van der Waals surface area contributed by atoms with Gasteiger partial charge >= 0.3 is 0 Å². The number of alkyl halides is 2. The number of H-pyrrole nitrogens is 1. The van der Waals surface area contributed by atoms with Gasteiger partial charge in [-0.15, -0.1) is 16.4 Å². The van der Waals surface area contributed by atoms with E-state index in [1.807, 2.05) is 9.82 Å². The van der Waals surface area contributed by atoms with Crippen molar-refractivity contribution in [3.8, 4) is 0 Å². The molecule has 0 saturated heterocycles. The molecule has 0 fully saturated rings. The molecule has 6 nitrogen and oxygen atoms in total. The van der Waals surface area contributed by atoms with Gasteiger partial charge in [0.25, 0.3) is 22.4 Å². The molecule has 2 N–H and O–H groups in total. The maximum Gasteiger partial charge on any atom is 0.296 e. The minimum Gasteiger partial charge on any atom is -0.256 e. The number of anilines is 1. The van der Waals surface area contributed by atoms with E-state index in [1.54, 1.807) is 13.8 Å². The van der Waals surface area contributed by atoms with Gasteiger partial charge in [0.2, 0.25) is 0 Å². The van der Waals surface area contributed by atoms with Crippen LogP contribution >= 0.6 is 11.3 Å². The highest BCUT2D eigenvalue weighted by molar-refractivity contribution is 7.94. The van der Waals surface area contributed by atoms with Crippen molar-refractivity contribution in [1.82, 2.24) is 15.2 Å². The highest BCUT2D eigenvalue weighted by atomic mass is 32.2. The van der Waals surface area contributed by atoms with Gasteiger partial charge in [0.1, 0.15) is 4.21 Å². The van der Waals surface area contributed by atoms with Gasteiger partial charge in [-0.25, -0.2) is 21.9 Å². The summed E-state index contributed by atoms with van der Waals surface area (Å²) in [5.74, 6) is -1.09. The molecule has 0 amide bonds. The van der Waals surface area contributed by atoms with E-state index in [4.69, 9.17) is 0 Å². The summed E-state index contributed by atoms with van der Waals surface area (Å²) >= 11 is 1.09. The summed E-state index contributed by atoms with van der Waals surface area (Å²) in [6.07, 6.45) is -2.84. The molecular weight excluding hydrogens is 298 g/mol. The molecule has 0 unspecified atom stereocenters. The first-order valence-electron chi connectivity index (χ1n) is 5.10. The predicted molar refractivity (Wildman–Crippen MR) is 65.9 cm³/mol. The normalized spacial score (nSPS) is 12.1. The standard InChI is InChI=1S/C9H10F2N4O2S2/c1-4-3-6(18-5(4)2)19(16,17)15-9-12-8(7(10)11)13-14-9/h3,7H,1-2H3,(H2,12,13,14,15). The Balaban J connectivity index is 2.25. The van der Waals surface area contributed by atoms with Crippen LogP contribution in [0.4, 0.5) is 14.7 Å². The molecule has 0 aliphatic rings. The Morgan fingerprint density at radius 1 is 1.42 bits per heavy atom. The zero-order valence-corrected chi connectivity index (χ0v) is 11.6. The third-order valence-corrected chi connectivity index (χ3v) is 5.30. The van der Waals surface area contributed by atoms with E-state index in [-0.39, 0.29) is 4.21 Å². The Bertz CT molecular complexity index is 673. The van der Waals surface area contributed by atoms with Crippen molar-refractivity contribution >= 4 is 27.3 Å². The van der Waals surface area contributed by atoms with Gasteiger partial charge in [0.05, 0.1) is 0 Å². The van der Waals surface area contributed by atoms with Crippen LogP contribution in [0.25, 0.3) is 0 Å².